The first-order valence-electron chi connectivity index (χ1n) is 5.81. The lowest BCUT2D eigenvalue weighted by molar-refractivity contribution is 0.102. The summed E-state index contributed by atoms with van der Waals surface area (Å²) in [4.78, 5) is 12.2. The van der Waals surface area contributed by atoms with E-state index in [4.69, 9.17) is 11.6 Å². The Hall–Kier alpha value is -1.32. The number of amides is 1. The summed E-state index contributed by atoms with van der Waals surface area (Å²) < 4.78 is 0.711. The molecule has 2 aromatic carbocycles. The van der Waals surface area contributed by atoms with E-state index in [0.717, 1.165) is 16.8 Å². The summed E-state index contributed by atoms with van der Waals surface area (Å²) in [5, 5.41) is 3.31. The second-order valence-electron chi connectivity index (χ2n) is 4.37. The first-order valence-corrected chi connectivity index (χ1v) is 6.99. The molecule has 2 rings (SSSR count). The van der Waals surface area contributed by atoms with Crippen molar-refractivity contribution in [2.24, 2.45) is 0 Å². The summed E-state index contributed by atoms with van der Waals surface area (Å²) in [6, 6.07) is 11.2. The van der Waals surface area contributed by atoms with Crippen LogP contribution in [0, 0.1) is 13.8 Å². The number of hydrogen-bond donors (Lipinski definition) is 1. The normalized spacial score (nSPS) is 10.3. The van der Waals surface area contributed by atoms with Crippen LogP contribution in [0.4, 0.5) is 5.69 Å². The number of carbonyl (C=O) groups is 1. The quantitative estimate of drug-likeness (QED) is 0.823. The van der Waals surface area contributed by atoms with Gasteiger partial charge in [-0.25, -0.2) is 0 Å². The summed E-state index contributed by atoms with van der Waals surface area (Å²) in [6.07, 6.45) is 0. The zero-order valence-corrected chi connectivity index (χ0v) is 13.0. The minimum atomic E-state index is -0.208. The Morgan fingerprint density at radius 1 is 1.21 bits per heavy atom. The summed E-state index contributed by atoms with van der Waals surface area (Å²) in [6.45, 7) is 3.94. The van der Waals surface area contributed by atoms with Crippen molar-refractivity contribution in [1.29, 1.82) is 0 Å². The monoisotopic (exact) mass is 337 g/mol. The van der Waals surface area contributed by atoms with Crippen molar-refractivity contribution in [3.8, 4) is 0 Å². The molecule has 0 spiro atoms. The van der Waals surface area contributed by atoms with Gasteiger partial charge in [-0.15, -0.1) is 0 Å². The number of halogens is 2. The van der Waals surface area contributed by atoms with Crippen molar-refractivity contribution in [3.63, 3.8) is 0 Å². The SMILES string of the molecule is Cc1ccc(C)c(NC(=O)c2cccc(Br)c2Cl)c1. The van der Waals surface area contributed by atoms with Gasteiger partial charge in [-0.3, -0.25) is 4.79 Å². The molecular weight excluding hydrogens is 326 g/mol. The number of aryl methyl sites for hydroxylation is 2. The molecule has 2 nitrogen and oxygen atoms in total. The molecule has 19 heavy (non-hydrogen) atoms. The van der Waals surface area contributed by atoms with Gasteiger partial charge in [0.25, 0.3) is 5.91 Å². The number of rotatable bonds is 2. The lowest BCUT2D eigenvalue weighted by Crippen LogP contribution is -2.13. The Balaban J connectivity index is 2.31. The van der Waals surface area contributed by atoms with Gasteiger partial charge in [0.2, 0.25) is 0 Å². The van der Waals surface area contributed by atoms with Gasteiger partial charge in [-0.05, 0) is 59.1 Å². The zero-order chi connectivity index (χ0) is 14.0. The van der Waals surface area contributed by atoms with Gasteiger partial charge in [0.1, 0.15) is 0 Å². The Labute approximate surface area is 125 Å². The zero-order valence-electron chi connectivity index (χ0n) is 10.6. The molecule has 0 unspecified atom stereocenters. The molecule has 0 bridgehead atoms. The summed E-state index contributed by atoms with van der Waals surface area (Å²) in [5.74, 6) is -0.208. The Morgan fingerprint density at radius 3 is 2.68 bits per heavy atom. The van der Waals surface area contributed by atoms with E-state index in [0.29, 0.717) is 15.1 Å². The molecular formula is C15H13BrClNO. The molecule has 4 heteroatoms. The minimum absolute atomic E-state index is 0.208. The Morgan fingerprint density at radius 2 is 1.95 bits per heavy atom. The predicted molar refractivity (Wildman–Crippen MR) is 83.0 cm³/mol. The molecule has 0 aromatic heterocycles. The maximum absolute atomic E-state index is 12.2. The van der Waals surface area contributed by atoms with Gasteiger partial charge in [0.15, 0.2) is 0 Å². The molecule has 0 radical (unpaired) electrons. The third-order valence-electron chi connectivity index (χ3n) is 2.84. The standard InChI is InChI=1S/C15H13BrClNO/c1-9-6-7-10(2)13(8-9)18-15(19)11-4-3-5-12(16)14(11)17/h3-8H,1-2H3,(H,18,19). The molecule has 0 fully saturated rings. The van der Waals surface area contributed by atoms with Gasteiger partial charge in [0, 0.05) is 10.2 Å². The van der Waals surface area contributed by atoms with E-state index in [1.807, 2.05) is 32.0 Å². The molecule has 98 valence electrons. The molecule has 2 aromatic rings. The highest BCUT2D eigenvalue weighted by atomic mass is 79.9. The van der Waals surface area contributed by atoms with Crippen LogP contribution in [0.2, 0.25) is 5.02 Å². The fourth-order valence-corrected chi connectivity index (χ4v) is 2.32. The van der Waals surface area contributed by atoms with E-state index in [1.165, 1.54) is 0 Å². The lowest BCUT2D eigenvalue weighted by Gasteiger charge is -2.10. The largest absolute Gasteiger partial charge is 0.322 e. The fraction of sp³-hybridized carbons (Fsp3) is 0.133. The molecule has 0 aliphatic rings. The van der Waals surface area contributed by atoms with Crippen molar-refractivity contribution in [2.45, 2.75) is 13.8 Å². The van der Waals surface area contributed by atoms with E-state index in [1.54, 1.807) is 18.2 Å². The van der Waals surface area contributed by atoms with Crippen molar-refractivity contribution in [1.82, 2.24) is 0 Å². The maximum atomic E-state index is 12.2. The van der Waals surface area contributed by atoms with Crippen LogP contribution in [-0.4, -0.2) is 5.91 Å². The van der Waals surface area contributed by atoms with Crippen LogP contribution >= 0.6 is 27.5 Å². The van der Waals surface area contributed by atoms with Crippen molar-refractivity contribution in [2.75, 3.05) is 5.32 Å². The van der Waals surface area contributed by atoms with E-state index < -0.39 is 0 Å². The highest BCUT2D eigenvalue weighted by molar-refractivity contribution is 9.10. The van der Waals surface area contributed by atoms with Crippen molar-refractivity contribution >= 4 is 39.1 Å². The molecule has 0 aliphatic carbocycles. The van der Waals surface area contributed by atoms with Crippen LogP contribution in [0.3, 0.4) is 0 Å². The maximum Gasteiger partial charge on any atom is 0.257 e. The van der Waals surface area contributed by atoms with Crippen LogP contribution in [0.25, 0.3) is 0 Å². The first kappa shape index (κ1) is 14.1. The van der Waals surface area contributed by atoms with Gasteiger partial charge in [-0.2, -0.15) is 0 Å². The molecule has 0 heterocycles. The number of benzene rings is 2. The third kappa shape index (κ3) is 3.17. The van der Waals surface area contributed by atoms with Crippen LogP contribution in [0.5, 0.6) is 0 Å². The molecule has 0 saturated heterocycles. The van der Waals surface area contributed by atoms with Gasteiger partial charge in [-0.1, -0.05) is 29.8 Å². The van der Waals surface area contributed by atoms with E-state index in [2.05, 4.69) is 21.2 Å². The number of nitrogens with one attached hydrogen (secondary N) is 1. The van der Waals surface area contributed by atoms with E-state index in [-0.39, 0.29) is 5.91 Å². The van der Waals surface area contributed by atoms with E-state index >= 15 is 0 Å². The van der Waals surface area contributed by atoms with Crippen LogP contribution < -0.4 is 5.32 Å². The summed E-state index contributed by atoms with van der Waals surface area (Å²) in [7, 11) is 0. The average Bonchev–Trinajstić information content (AvgIpc) is 2.37. The third-order valence-corrected chi connectivity index (χ3v) is 4.13. The molecule has 0 atom stereocenters. The number of anilines is 1. The predicted octanol–water partition coefficient (Wildman–Crippen LogP) is 4.97. The topological polar surface area (TPSA) is 29.1 Å². The van der Waals surface area contributed by atoms with Gasteiger partial charge >= 0.3 is 0 Å². The Kier molecular flexibility index (Phi) is 4.27. The smallest absolute Gasteiger partial charge is 0.257 e. The van der Waals surface area contributed by atoms with Gasteiger partial charge in [0.05, 0.1) is 10.6 Å². The molecule has 0 aliphatic heterocycles. The second kappa shape index (κ2) is 5.76. The molecule has 1 amide bonds. The van der Waals surface area contributed by atoms with E-state index in [9.17, 15) is 4.79 Å². The summed E-state index contributed by atoms with van der Waals surface area (Å²) >= 11 is 9.43. The number of hydrogen-bond acceptors (Lipinski definition) is 1. The molecule has 0 saturated carbocycles. The minimum Gasteiger partial charge on any atom is -0.322 e. The van der Waals surface area contributed by atoms with Gasteiger partial charge < -0.3 is 5.32 Å². The first-order chi connectivity index (χ1) is 8.99. The van der Waals surface area contributed by atoms with Crippen LogP contribution in [0.1, 0.15) is 21.5 Å². The van der Waals surface area contributed by atoms with Crippen LogP contribution in [0.15, 0.2) is 40.9 Å². The fourth-order valence-electron chi connectivity index (χ4n) is 1.74. The average molecular weight is 339 g/mol. The highest BCUT2D eigenvalue weighted by Crippen LogP contribution is 2.27. The Bertz CT molecular complexity index is 640. The van der Waals surface area contributed by atoms with Crippen molar-refractivity contribution < 1.29 is 4.79 Å². The van der Waals surface area contributed by atoms with Crippen LogP contribution in [-0.2, 0) is 0 Å². The van der Waals surface area contributed by atoms with Crippen molar-refractivity contribution in [3.05, 3.63) is 62.6 Å². The molecule has 1 N–H and O–H groups in total. The highest BCUT2D eigenvalue weighted by Gasteiger charge is 2.13. The number of carbonyl (C=O) groups excluding carboxylic acids is 1. The summed E-state index contributed by atoms with van der Waals surface area (Å²) in [5.41, 5.74) is 3.38. The second-order valence-corrected chi connectivity index (χ2v) is 5.61. The lowest BCUT2D eigenvalue weighted by atomic mass is 10.1.